The van der Waals surface area contributed by atoms with Crippen LogP contribution in [0.4, 0.5) is 4.79 Å². The predicted molar refractivity (Wildman–Crippen MR) is 124 cm³/mol. The molecular weight excluding hydrogens is 420 g/mol. The molecule has 0 radical (unpaired) electrons. The fourth-order valence-corrected chi connectivity index (χ4v) is 5.11. The topological polar surface area (TPSA) is 105 Å². The molecule has 0 bridgehead atoms. The van der Waals surface area contributed by atoms with Crippen LogP contribution in [0.5, 0.6) is 0 Å². The number of hydrogen-bond donors (Lipinski definition) is 3. The molecule has 2 amide bonds. The lowest BCUT2D eigenvalue weighted by atomic mass is 9.94. The van der Waals surface area contributed by atoms with E-state index < -0.39 is 18.1 Å². The summed E-state index contributed by atoms with van der Waals surface area (Å²) in [6, 6.07) is 15.5. The molecule has 33 heavy (non-hydrogen) atoms. The van der Waals surface area contributed by atoms with Crippen LogP contribution in [-0.2, 0) is 14.3 Å². The molecule has 2 aliphatic rings. The lowest BCUT2D eigenvalue weighted by molar-refractivity contribution is -0.142. The van der Waals surface area contributed by atoms with Gasteiger partial charge in [-0.25, -0.2) is 9.59 Å². The first-order valence-electron chi connectivity index (χ1n) is 11.6. The lowest BCUT2D eigenvalue weighted by Gasteiger charge is -2.22. The van der Waals surface area contributed by atoms with Crippen molar-refractivity contribution >= 4 is 18.0 Å². The summed E-state index contributed by atoms with van der Waals surface area (Å²) < 4.78 is 5.58. The van der Waals surface area contributed by atoms with Gasteiger partial charge in [-0.3, -0.25) is 4.79 Å². The molecule has 1 fully saturated rings. The summed E-state index contributed by atoms with van der Waals surface area (Å²) in [6.45, 7) is 2.30. The number of amides is 2. The van der Waals surface area contributed by atoms with Crippen LogP contribution in [0.2, 0.25) is 0 Å². The van der Waals surface area contributed by atoms with Gasteiger partial charge in [0, 0.05) is 18.4 Å². The van der Waals surface area contributed by atoms with Gasteiger partial charge in [0.1, 0.15) is 12.6 Å². The monoisotopic (exact) mass is 450 g/mol. The maximum absolute atomic E-state index is 12.6. The molecule has 7 nitrogen and oxygen atoms in total. The predicted octanol–water partition coefficient (Wildman–Crippen LogP) is 3.92. The number of hydrogen-bond acceptors (Lipinski definition) is 4. The summed E-state index contributed by atoms with van der Waals surface area (Å²) >= 11 is 0. The number of fused-ring (bicyclic) bond motifs is 3. The molecule has 7 heteroatoms. The van der Waals surface area contributed by atoms with Crippen LogP contribution in [0.25, 0.3) is 11.1 Å². The van der Waals surface area contributed by atoms with E-state index in [0.717, 1.165) is 24.0 Å². The number of benzene rings is 2. The van der Waals surface area contributed by atoms with E-state index in [9.17, 15) is 19.5 Å². The molecule has 0 saturated heterocycles. The van der Waals surface area contributed by atoms with Crippen molar-refractivity contribution in [2.24, 2.45) is 11.8 Å². The Morgan fingerprint density at radius 1 is 1.03 bits per heavy atom. The van der Waals surface area contributed by atoms with Gasteiger partial charge in [-0.05, 0) is 47.4 Å². The maximum atomic E-state index is 12.6. The molecule has 0 spiro atoms. The minimum absolute atomic E-state index is 0.00449. The normalized spacial score (nSPS) is 19.9. The average molecular weight is 451 g/mol. The lowest BCUT2D eigenvalue weighted by Crippen LogP contribution is -2.45. The molecule has 2 aromatic rings. The van der Waals surface area contributed by atoms with E-state index >= 15 is 0 Å². The Hall–Kier alpha value is -3.35. The summed E-state index contributed by atoms with van der Waals surface area (Å²) in [7, 11) is 0. The second-order valence-electron chi connectivity index (χ2n) is 8.81. The molecule has 2 aliphatic carbocycles. The summed E-state index contributed by atoms with van der Waals surface area (Å²) in [4.78, 5) is 36.3. The Morgan fingerprint density at radius 2 is 1.67 bits per heavy atom. The van der Waals surface area contributed by atoms with E-state index in [4.69, 9.17) is 4.74 Å². The molecule has 0 aromatic heterocycles. The molecule has 1 saturated carbocycles. The average Bonchev–Trinajstić information content (AvgIpc) is 3.42. The molecule has 174 valence electrons. The van der Waals surface area contributed by atoms with Crippen molar-refractivity contribution in [3.05, 3.63) is 59.7 Å². The minimum atomic E-state index is -1.03. The van der Waals surface area contributed by atoms with Crippen molar-refractivity contribution in [1.29, 1.82) is 0 Å². The molecule has 2 aromatic carbocycles. The van der Waals surface area contributed by atoms with Crippen molar-refractivity contribution in [2.45, 2.75) is 44.6 Å². The van der Waals surface area contributed by atoms with Crippen LogP contribution in [0.3, 0.4) is 0 Å². The smallest absolute Gasteiger partial charge is 0.407 e. The molecule has 0 aliphatic heterocycles. The van der Waals surface area contributed by atoms with Gasteiger partial charge in [-0.1, -0.05) is 61.9 Å². The second-order valence-corrected chi connectivity index (χ2v) is 8.81. The molecular formula is C26H30N2O5. The number of aliphatic carboxylic acids is 1. The van der Waals surface area contributed by atoms with Gasteiger partial charge in [-0.2, -0.15) is 0 Å². The molecule has 4 rings (SSSR count). The summed E-state index contributed by atoms with van der Waals surface area (Å²) in [6.07, 6.45) is 2.21. The molecule has 0 heterocycles. The number of carbonyl (C=O) groups excluding carboxylic acids is 2. The van der Waals surface area contributed by atoms with Crippen molar-refractivity contribution in [2.75, 3.05) is 13.2 Å². The molecule has 3 atom stereocenters. The quantitative estimate of drug-likeness (QED) is 0.565. The first-order valence-corrected chi connectivity index (χ1v) is 11.6. The van der Waals surface area contributed by atoms with Crippen molar-refractivity contribution in [3.8, 4) is 11.1 Å². The van der Waals surface area contributed by atoms with Crippen molar-refractivity contribution in [3.63, 3.8) is 0 Å². The first-order chi connectivity index (χ1) is 16.0. The standard InChI is InChI=1S/C26H30N2O5/c1-2-23(25(30)31)28-24(29)17-13-7-8-16(17)14-27-26(32)33-15-22-20-11-5-3-9-18(20)19-10-4-6-12-21(19)22/h3-6,9-12,16-17,22-23H,2,7-8,13-15H2,1H3,(H,27,32)(H,28,29)(H,30,31)/t16-,17-,23+/m0/s1. The summed E-state index contributed by atoms with van der Waals surface area (Å²) in [5.74, 6) is -1.61. The Bertz CT molecular complexity index is 991. The van der Waals surface area contributed by atoms with Gasteiger partial charge in [0.25, 0.3) is 0 Å². The van der Waals surface area contributed by atoms with Gasteiger partial charge in [0.15, 0.2) is 0 Å². The molecule has 3 N–H and O–H groups in total. The highest BCUT2D eigenvalue weighted by molar-refractivity contribution is 5.85. The summed E-state index contributed by atoms with van der Waals surface area (Å²) in [5, 5.41) is 14.6. The van der Waals surface area contributed by atoms with E-state index in [1.165, 1.54) is 11.1 Å². The van der Waals surface area contributed by atoms with Gasteiger partial charge in [0.05, 0.1) is 0 Å². The Kier molecular flexibility index (Phi) is 6.96. The van der Waals surface area contributed by atoms with Crippen LogP contribution in [-0.4, -0.2) is 42.3 Å². The van der Waals surface area contributed by atoms with Crippen molar-refractivity contribution in [1.82, 2.24) is 10.6 Å². The van der Waals surface area contributed by atoms with E-state index in [2.05, 4.69) is 34.9 Å². The first kappa shape index (κ1) is 22.8. The number of nitrogens with one attached hydrogen (secondary N) is 2. The fourth-order valence-electron chi connectivity index (χ4n) is 5.11. The van der Waals surface area contributed by atoms with Crippen LogP contribution in [0.15, 0.2) is 48.5 Å². The zero-order chi connectivity index (χ0) is 23.4. The largest absolute Gasteiger partial charge is 0.480 e. The Morgan fingerprint density at radius 3 is 2.27 bits per heavy atom. The third-order valence-corrected chi connectivity index (χ3v) is 6.87. The SMILES string of the molecule is CC[C@@H](NC(=O)[C@H]1CCC[C@H]1CNC(=O)OCC1c2ccccc2-c2ccccc21)C(=O)O. The van der Waals surface area contributed by atoms with Crippen LogP contribution in [0.1, 0.15) is 49.7 Å². The number of alkyl carbamates (subject to hydrolysis) is 1. The van der Waals surface area contributed by atoms with E-state index in [1.807, 2.05) is 24.3 Å². The van der Waals surface area contributed by atoms with E-state index in [0.29, 0.717) is 19.4 Å². The Balaban J connectivity index is 1.31. The Labute approximate surface area is 193 Å². The van der Waals surface area contributed by atoms with Crippen LogP contribution < -0.4 is 10.6 Å². The van der Waals surface area contributed by atoms with Gasteiger partial charge >= 0.3 is 12.1 Å². The number of carboxylic acid groups (broad SMARTS) is 1. The van der Waals surface area contributed by atoms with Gasteiger partial charge < -0.3 is 20.5 Å². The second kappa shape index (κ2) is 10.1. The van der Waals surface area contributed by atoms with E-state index in [-0.39, 0.29) is 30.3 Å². The highest BCUT2D eigenvalue weighted by Gasteiger charge is 2.35. The number of rotatable bonds is 8. The zero-order valence-corrected chi connectivity index (χ0v) is 18.8. The third-order valence-electron chi connectivity index (χ3n) is 6.87. The third kappa shape index (κ3) is 4.87. The van der Waals surface area contributed by atoms with Gasteiger partial charge in [0.2, 0.25) is 5.91 Å². The van der Waals surface area contributed by atoms with E-state index in [1.54, 1.807) is 6.92 Å². The van der Waals surface area contributed by atoms with Crippen molar-refractivity contribution < 1.29 is 24.2 Å². The number of ether oxygens (including phenoxy) is 1. The molecule has 0 unspecified atom stereocenters. The fraction of sp³-hybridized carbons (Fsp3) is 0.423. The maximum Gasteiger partial charge on any atom is 0.407 e. The highest BCUT2D eigenvalue weighted by atomic mass is 16.5. The van der Waals surface area contributed by atoms with Crippen LogP contribution in [0, 0.1) is 11.8 Å². The van der Waals surface area contributed by atoms with Crippen LogP contribution >= 0.6 is 0 Å². The zero-order valence-electron chi connectivity index (χ0n) is 18.8. The van der Waals surface area contributed by atoms with Gasteiger partial charge in [-0.15, -0.1) is 0 Å². The minimum Gasteiger partial charge on any atom is -0.480 e. The number of carbonyl (C=O) groups is 3. The number of carboxylic acids is 1. The summed E-state index contributed by atoms with van der Waals surface area (Å²) in [5.41, 5.74) is 4.66. The highest BCUT2D eigenvalue weighted by Crippen LogP contribution is 2.44.